The minimum atomic E-state index is -1.31. The number of carbonyl (C=O) groups is 2. The van der Waals surface area contributed by atoms with Crippen molar-refractivity contribution in [1.29, 1.82) is 0 Å². The lowest BCUT2D eigenvalue weighted by Crippen LogP contribution is -2.03. The molecule has 0 aliphatic carbocycles. The van der Waals surface area contributed by atoms with Crippen LogP contribution in [-0.2, 0) is 16.2 Å². The molecule has 0 atom stereocenters. The minimum absolute atomic E-state index is 0.131. The van der Waals surface area contributed by atoms with Gasteiger partial charge < -0.3 is 25.5 Å². The Kier molecular flexibility index (Phi) is 6.12. The van der Waals surface area contributed by atoms with Gasteiger partial charge >= 0.3 is 11.9 Å². The molecule has 0 aliphatic rings. The molecule has 0 unspecified atom stereocenters. The van der Waals surface area contributed by atoms with Gasteiger partial charge in [0.05, 0.1) is 6.61 Å². The molecule has 0 amide bonds. The van der Waals surface area contributed by atoms with E-state index in [2.05, 4.69) is 0 Å². The predicted octanol–water partition coefficient (Wildman–Crippen LogP) is 0.136. The van der Waals surface area contributed by atoms with E-state index in [0.717, 1.165) is 0 Å². The van der Waals surface area contributed by atoms with Crippen molar-refractivity contribution in [2.75, 3.05) is 0 Å². The number of aliphatic hydroxyl groups is 1. The first-order valence-electron chi connectivity index (χ1n) is 4.42. The summed E-state index contributed by atoms with van der Waals surface area (Å²) < 4.78 is 0. The van der Waals surface area contributed by atoms with Gasteiger partial charge in [-0.15, -0.1) is 0 Å². The van der Waals surface area contributed by atoms with Gasteiger partial charge in [0.15, 0.2) is 11.5 Å². The second-order valence-electron chi connectivity index (χ2n) is 2.95. The van der Waals surface area contributed by atoms with Crippen molar-refractivity contribution in [3.8, 4) is 11.5 Å². The SMILES string of the molecule is O=C(O)CC(=O)O.OCc1ccc(O)c(O)c1. The zero-order valence-corrected chi connectivity index (χ0v) is 8.70. The van der Waals surface area contributed by atoms with Crippen LogP contribution < -0.4 is 0 Å². The smallest absolute Gasteiger partial charge is 0.314 e. The van der Waals surface area contributed by atoms with Gasteiger partial charge in [0, 0.05) is 0 Å². The molecule has 0 saturated heterocycles. The third kappa shape index (κ3) is 6.74. The molecule has 7 nitrogen and oxygen atoms in total. The van der Waals surface area contributed by atoms with E-state index in [4.69, 9.17) is 25.5 Å². The maximum Gasteiger partial charge on any atom is 0.314 e. The van der Waals surface area contributed by atoms with E-state index in [0.29, 0.717) is 5.56 Å². The number of rotatable bonds is 3. The van der Waals surface area contributed by atoms with Gasteiger partial charge in [0.2, 0.25) is 0 Å². The summed E-state index contributed by atoms with van der Waals surface area (Å²) in [7, 11) is 0. The van der Waals surface area contributed by atoms with Gasteiger partial charge in [-0.3, -0.25) is 9.59 Å². The highest BCUT2D eigenvalue weighted by Gasteiger charge is 2.01. The molecule has 0 spiro atoms. The summed E-state index contributed by atoms with van der Waals surface area (Å²) >= 11 is 0. The Morgan fingerprint density at radius 2 is 1.53 bits per heavy atom. The van der Waals surface area contributed by atoms with Gasteiger partial charge in [0.25, 0.3) is 0 Å². The largest absolute Gasteiger partial charge is 0.504 e. The van der Waals surface area contributed by atoms with Crippen LogP contribution in [-0.4, -0.2) is 37.5 Å². The predicted molar refractivity (Wildman–Crippen MR) is 55.6 cm³/mol. The van der Waals surface area contributed by atoms with Crippen LogP contribution in [0.2, 0.25) is 0 Å². The molecule has 0 radical (unpaired) electrons. The molecule has 1 aromatic rings. The lowest BCUT2D eigenvalue weighted by molar-refractivity contribution is -0.147. The van der Waals surface area contributed by atoms with Crippen LogP contribution >= 0.6 is 0 Å². The van der Waals surface area contributed by atoms with Crippen molar-refractivity contribution in [2.45, 2.75) is 13.0 Å². The monoisotopic (exact) mass is 244 g/mol. The highest BCUT2D eigenvalue weighted by Crippen LogP contribution is 2.24. The van der Waals surface area contributed by atoms with Gasteiger partial charge in [-0.05, 0) is 17.7 Å². The summed E-state index contributed by atoms with van der Waals surface area (Å²) in [6, 6.07) is 4.19. The highest BCUT2D eigenvalue weighted by molar-refractivity contribution is 5.88. The van der Waals surface area contributed by atoms with Crippen molar-refractivity contribution < 1.29 is 35.1 Å². The number of hydrogen-bond donors (Lipinski definition) is 5. The van der Waals surface area contributed by atoms with Crippen LogP contribution in [0.5, 0.6) is 11.5 Å². The van der Waals surface area contributed by atoms with Crippen molar-refractivity contribution in [3.63, 3.8) is 0 Å². The number of carboxylic acid groups (broad SMARTS) is 2. The van der Waals surface area contributed by atoms with E-state index in [-0.39, 0.29) is 18.1 Å². The Balaban J connectivity index is 0.000000325. The molecule has 5 N–H and O–H groups in total. The number of benzene rings is 1. The van der Waals surface area contributed by atoms with E-state index < -0.39 is 18.4 Å². The minimum Gasteiger partial charge on any atom is -0.504 e. The van der Waals surface area contributed by atoms with E-state index in [1.807, 2.05) is 0 Å². The van der Waals surface area contributed by atoms with Crippen molar-refractivity contribution in [1.82, 2.24) is 0 Å². The summed E-state index contributed by atoms with van der Waals surface area (Å²) in [5, 5.41) is 41.6. The van der Waals surface area contributed by atoms with Gasteiger partial charge in [-0.1, -0.05) is 6.07 Å². The highest BCUT2D eigenvalue weighted by atomic mass is 16.4. The number of aromatic hydroxyl groups is 2. The average molecular weight is 244 g/mol. The number of phenols is 2. The zero-order valence-electron chi connectivity index (χ0n) is 8.70. The fraction of sp³-hybridized carbons (Fsp3) is 0.200. The lowest BCUT2D eigenvalue weighted by atomic mass is 10.2. The second kappa shape index (κ2) is 7.07. The number of aliphatic carboxylic acids is 2. The number of carboxylic acids is 2. The van der Waals surface area contributed by atoms with Crippen LogP contribution in [0.15, 0.2) is 18.2 Å². The van der Waals surface area contributed by atoms with Crippen LogP contribution in [0.4, 0.5) is 0 Å². The Morgan fingerprint density at radius 1 is 1.00 bits per heavy atom. The van der Waals surface area contributed by atoms with Crippen molar-refractivity contribution in [2.24, 2.45) is 0 Å². The Bertz CT molecular complexity index is 388. The fourth-order valence-corrected chi connectivity index (χ4v) is 0.797. The van der Waals surface area contributed by atoms with E-state index >= 15 is 0 Å². The molecular weight excluding hydrogens is 232 g/mol. The molecule has 94 valence electrons. The number of aliphatic hydroxyl groups excluding tert-OH is 1. The Morgan fingerprint density at radius 3 is 1.82 bits per heavy atom. The summed E-state index contributed by atoms with van der Waals surface area (Å²) in [6.07, 6.45) is -0.806. The Labute approximate surface area is 96.2 Å². The van der Waals surface area contributed by atoms with Crippen LogP contribution in [0.3, 0.4) is 0 Å². The van der Waals surface area contributed by atoms with Crippen molar-refractivity contribution >= 4 is 11.9 Å². The normalized spacial score (nSPS) is 9.00. The van der Waals surface area contributed by atoms with Crippen molar-refractivity contribution in [3.05, 3.63) is 23.8 Å². The maximum absolute atomic E-state index is 9.43. The molecule has 0 aromatic heterocycles. The van der Waals surface area contributed by atoms with Crippen LogP contribution in [0, 0.1) is 0 Å². The first kappa shape index (κ1) is 14.7. The summed E-state index contributed by atoms with van der Waals surface area (Å²) in [5.41, 5.74) is 0.579. The maximum atomic E-state index is 9.43. The quantitative estimate of drug-likeness (QED) is 0.376. The molecule has 0 aliphatic heterocycles. The Hall–Kier alpha value is -2.28. The third-order valence-electron chi connectivity index (χ3n) is 1.52. The molecule has 7 heteroatoms. The van der Waals surface area contributed by atoms with Gasteiger partial charge in [0.1, 0.15) is 6.42 Å². The van der Waals surface area contributed by atoms with Crippen LogP contribution in [0.25, 0.3) is 0 Å². The van der Waals surface area contributed by atoms with E-state index in [1.54, 1.807) is 0 Å². The zero-order chi connectivity index (χ0) is 13.4. The van der Waals surface area contributed by atoms with E-state index in [9.17, 15) is 9.59 Å². The number of hydrogen-bond acceptors (Lipinski definition) is 5. The first-order chi connectivity index (χ1) is 7.86. The van der Waals surface area contributed by atoms with E-state index in [1.165, 1.54) is 18.2 Å². The molecule has 0 heterocycles. The van der Waals surface area contributed by atoms with Crippen LogP contribution in [0.1, 0.15) is 12.0 Å². The molecule has 1 rings (SSSR count). The third-order valence-corrected chi connectivity index (χ3v) is 1.52. The lowest BCUT2D eigenvalue weighted by Gasteiger charge is -1.98. The molecule has 1 aromatic carbocycles. The molecular formula is C10H12O7. The second-order valence-corrected chi connectivity index (χ2v) is 2.95. The first-order valence-corrected chi connectivity index (χ1v) is 4.42. The summed E-state index contributed by atoms with van der Waals surface area (Å²) in [4.78, 5) is 18.9. The molecule has 17 heavy (non-hydrogen) atoms. The van der Waals surface area contributed by atoms with Gasteiger partial charge in [-0.2, -0.15) is 0 Å². The topological polar surface area (TPSA) is 135 Å². The average Bonchev–Trinajstić information content (AvgIpc) is 2.21. The fourth-order valence-electron chi connectivity index (χ4n) is 0.797. The summed E-state index contributed by atoms with van der Waals surface area (Å²) in [5.74, 6) is -3.00. The number of phenolic OH excluding ortho intramolecular Hbond substituents is 2. The molecule has 0 fully saturated rings. The van der Waals surface area contributed by atoms with Gasteiger partial charge in [-0.25, -0.2) is 0 Å². The summed E-state index contributed by atoms with van der Waals surface area (Å²) in [6.45, 7) is -0.131. The molecule has 0 saturated carbocycles. The molecule has 0 bridgehead atoms. The standard InChI is InChI=1S/C7H8O3.C3H4O4/c8-4-5-1-2-6(9)7(10)3-5;4-2(5)1-3(6)7/h1-3,8-10H,4H2;1H2,(H,4,5)(H,6,7).